The van der Waals surface area contributed by atoms with Gasteiger partial charge in [-0.05, 0) is 32.0 Å². The van der Waals surface area contributed by atoms with Crippen molar-refractivity contribution in [1.82, 2.24) is 4.90 Å². The summed E-state index contributed by atoms with van der Waals surface area (Å²) in [7, 11) is 2.15. The normalized spacial score (nSPS) is 16.8. The quantitative estimate of drug-likeness (QED) is 0.846. The number of benzene rings is 1. The second-order valence-electron chi connectivity index (χ2n) is 4.19. The average Bonchev–Trinajstić information content (AvgIpc) is 2.22. The third-order valence-corrected chi connectivity index (χ3v) is 2.83. The Kier molecular flexibility index (Phi) is 7.35. The van der Waals surface area contributed by atoms with Gasteiger partial charge in [0.05, 0.1) is 0 Å². The number of ether oxygens (including phenoxy) is 1. The van der Waals surface area contributed by atoms with Crippen molar-refractivity contribution in [2.75, 3.05) is 25.9 Å². The smallest absolute Gasteiger partial charge is 0.121 e. The number of halogens is 2. The maximum atomic E-state index is 5.88. The van der Waals surface area contributed by atoms with Gasteiger partial charge in [-0.1, -0.05) is 6.07 Å². The van der Waals surface area contributed by atoms with Crippen molar-refractivity contribution >= 4 is 30.5 Å². The van der Waals surface area contributed by atoms with Gasteiger partial charge in [-0.2, -0.15) is 0 Å². The maximum Gasteiger partial charge on any atom is 0.121 e. The molecule has 0 radical (unpaired) electrons. The third-order valence-electron chi connectivity index (χ3n) is 2.83. The van der Waals surface area contributed by atoms with Crippen LogP contribution >= 0.6 is 24.8 Å². The molecule has 1 aliphatic rings. The Bertz CT molecular complexity index is 328. The van der Waals surface area contributed by atoms with Crippen LogP contribution in [0.25, 0.3) is 0 Å². The van der Waals surface area contributed by atoms with Gasteiger partial charge >= 0.3 is 0 Å². The van der Waals surface area contributed by atoms with E-state index in [1.165, 1.54) is 0 Å². The summed E-state index contributed by atoms with van der Waals surface area (Å²) in [4.78, 5) is 2.33. The highest BCUT2D eigenvalue weighted by Gasteiger charge is 2.17. The monoisotopic (exact) mass is 278 g/mol. The number of hydrogen-bond donors (Lipinski definition) is 1. The highest BCUT2D eigenvalue weighted by molar-refractivity contribution is 5.85. The van der Waals surface area contributed by atoms with Crippen LogP contribution in [-0.4, -0.2) is 31.1 Å². The summed E-state index contributed by atoms with van der Waals surface area (Å²) in [6.07, 6.45) is 2.55. The van der Waals surface area contributed by atoms with Gasteiger partial charge in [0.15, 0.2) is 0 Å². The molecule has 1 aromatic carbocycles. The second-order valence-corrected chi connectivity index (χ2v) is 4.19. The van der Waals surface area contributed by atoms with Crippen LogP contribution in [0.3, 0.4) is 0 Å². The zero-order valence-corrected chi connectivity index (χ0v) is 11.6. The van der Waals surface area contributed by atoms with E-state index in [4.69, 9.17) is 10.5 Å². The molecule has 1 heterocycles. The molecular weight excluding hydrogens is 259 g/mol. The Morgan fingerprint density at radius 2 is 1.88 bits per heavy atom. The molecule has 5 heteroatoms. The number of anilines is 1. The van der Waals surface area contributed by atoms with Crippen molar-refractivity contribution in [1.29, 1.82) is 0 Å². The number of nitrogens with zero attached hydrogens (tertiary/aromatic N) is 1. The van der Waals surface area contributed by atoms with E-state index < -0.39 is 0 Å². The SMILES string of the molecule is CN1CCC(Oc2cccc(N)c2)CC1.Cl.Cl. The van der Waals surface area contributed by atoms with E-state index >= 15 is 0 Å². The topological polar surface area (TPSA) is 38.5 Å². The van der Waals surface area contributed by atoms with Crippen molar-refractivity contribution in [2.24, 2.45) is 0 Å². The molecule has 2 N–H and O–H groups in total. The molecule has 1 fully saturated rings. The summed E-state index contributed by atoms with van der Waals surface area (Å²) in [5.74, 6) is 0.893. The van der Waals surface area contributed by atoms with Crippen LogP contribution in [0.1, 0.15) is 12.8 Å². The van der Waals surface area contributed by atoms with E-state index in [0.29, 0.717) is 6.10 Å². The Labute approximate surface area is 115 Å². The van der Waals surface area contributed by atoms with Crippen molar-refractivity contribution in [2.45, 2.75) is 18.9 Å². The molecule has 0 amide bonds. The molecule has 98 valence electrons. The van der Waals surface area contributed by atoms with E-state index in [1.807, 2.05) is 24.3 Å². The van der Waals surface area contributed by atoms with Gasteiger partial charge in [0.1, 0.15) is 11.9 Å². The second kappa shape index (κ2) is 7.64. The van der Waals surface area contributed by atoms with Gasteiger partial charge in [-0.15, -0.1) is 24.8 Å². The molecule has 0 bridgehead atoms. The van der Waals surface area contributed by atoms with Crippen LogP contribution in [-0.2, 0) is 0 Å². The molecule has 0 atom stereocenters. The molecule has 17 heavy (non-hydrogen) atoms. The molecule has 2 rings (SSSR count). The number of likely N-dealkylation sites (tertiary alicyclic amines) is 1. The number of piperidine rings is 1. The Morgan fingerprint density at radius 3 is 2.47 bits per heavy atom. The predicted octanol–water partition coefficient (Wildman–Crippen LogP) is 2.59. The lowest BCUT2D eigenvalue weighted by Crippen LogP contribution is -2.35. The molecule has 1 aliphatic heterocycles. The molecule has 0 aliphatic carbocycles. The summed E-state index contributed by atoms with van der Waals surface area (Å²) < 4.78 is 5.88. The van der Waals surface area contributed by atoms with Crippen LogP contribution in [0.4, 0.5) is 5.69 Å². The van der Waals surface area contributed by atoms with Gasteiger partial charge in [0, 0.05) is 24.8 Å². The van der Waals surface area contributed by atoms with E-state index in [0.717, 1.165) is 37.4 Å². The molecule has 0 aromatic heterocycles. The zero-order valence-electron chi connectivity index (χ0n) is 9.96. The first kappa shape index (κ1) is 16.4. The molecule has 0 saturated carbocycles. The third kappa shape index (κ3) is 5.02. The van der Waals surface area contributed by atoms with Crippen LogP contribution < -0.4 is 10.5 Å². The van der Waals surface area contributed by atoms with E-state index in [2.05, 4.69) is 11.9 Å². The Balaban J connectivity index is 0.00000128. The van der Waals surface area contributed by atoms with Gasteiger partial charge in [-0.25, -0.2) is 0 Å². The van der Waals surface area contributed by atoms with Crippen molar-refractivity contribution < 1.29 is 4.74 Å². The predicted molar refractivity (Wildman–Crippen MR) is 76.5 cm³/mol. The highest BCUT2D eigenvalue weighted by atomic mass is 35.5. The maximum absolute atomic E-state index is 5.88. The fourth-order valence-electron chi connectivity index (χ4n) is 1.88. The van der Waals surface area contributed by atoms with Crippen LogP contribution in [0.2, 0.25) is 0 Å². The highest BCUT2D eigenvalue weighted by Crippen LogP contribution is 2.20. The van der Waals surface area contributed by atoms with Crippen molar-refractivity contribution in [3.63, 3.8) is 0 Å². The lowest BCUT2D eigenvalue weighted by Gasteiger charge is -2.29. The van der Waals surface area contributed by atoms with Crippen LogP contribution in [0.5, 0.6) is 5.75 Å². The minimum absolute atomic E-state index is 0. The fourth-order valence-corrected chi connectivity index (χ4v) is 1.88. The minimum atomic E-state index is 0. The molecule has 1 aromatic rings. The number of nitrogens with two attached hydrogens (primary N) is 1. The summed E-state index contributed by atoms with van der Waals surface area (Å²) in [5.41, 5.74) is 6.46. The summed E-state index contributed by atoms with van der Waals surface area (Å²) in [6, 6.07) is 7.66. The summed E-state index contributed by atoms with van der Waals surface area (Å²) >= 11 is 0. The zero-order chi connectivity index (χ0) is 10.7. The molecule has 0 unspecified atom stereocenters. The van der Waals surface area contributed by atoms with Crippen LogP contribution in [0.15, 0.2) is 24.3 Å². The number of hydrogen-bond acceptors (Lipinski definition) is 3. The molecular formula is C12H20Cl2N2O. The van der Waals surface area contributed by atoms with Crippen molar-refractivity contribution in [3.05, 3.63) is 24.3 Å². The van der Waals surface area contributed by atoms with E-state index in [-0.39, 0.29) is 24.8 Å². The lowest BCUT2D eigenvalue weighted by molar-refractivity contribution is 0.114. The lowest BCUT2D eigenvalue weighted by atomic mass is 10.1. The minimum Gasteiger partial charge on any atom is -0.490 e. The average molecular weight is 279 g/mol. The molecule has 3 nitrogen and oxygen atoms in total. The van der Waals surface area contributed by atoms with Gasteiger partial charge in [0.2, 0.25) is 0 Å². The summed E-state index contributed by atoms with van der Waals surface area (Å²) in [5, 5.41) is 0. The molecule has 0 spiro atoms. The van der Waals surface area contributed by atoms with E-state index in [1.54, 1.807) is 0 Å². The fraction of sp³-hybridized carbons (Fsp3) is 0.500. The van der Waals surface area contributed by atoms with Gasteiger partial charge in [-0.3, -0.25) is 0 Å². The summed E-state index contributed by atoms with van der Waals surface area (Å²) in [6.45, 7) is 2.24. The number of nitrogen functional groups attached to an aromatic ring is 1. The largest absolute Gasteiger partial charge is 0.490 e. The first-order chi connectivity index (χ1) is 7.24. The van der Waals surface area contributed by atoms with Gasteiger partial charge < -0.3 is 15.4 Å². The first-order valence-electron chi connectivity index (χ1n) is 5.45. The molecule has 1 saturated heterocycles. The van der Waals surface area contributed by atoms with Crippen LogP contribution in [0, 0.1) is 0 Å². The Hall–Kier alpha value is -0.640. The number of rotatable bonds is 2. The standard InChI is InChI=1S/C12H18N2O.2ClH/c1-14-7-5-11(6-8-14)15-12-4-2-3-10(13)9-12;;/h2-4,9,11H,5-8,13H2,1H3;2*1H. The van der Waals surface area contributed by atoms with Gasteiger partial charge in [0.25, 0.3) is 0 Å². The van der Waals surface area contributed by atoms with Crippen molar-refractivity contribution in [3.8, 4) is 5.75 Å². The first-order valence-corrected chi connectivity index (χ1v) is 5.45. The Morgan fingerprint density at radius 1 is 1.24 bits per heavy atom. The van der Waals surface area contributed by atoms with E-state index in [9.17, 15) is 0 Å².